The standard InChI is InChI=1S/C16H13F3N2O/c17-16(18,19)14-12-3-1-2-4-13(12)21(15(14)22)11-7-5-10(9-20)6-8-11/h5-8,22H,1-4H2. The Bertz CT molecular complexity index is 752. The Kier molecular flexibility index (Phi) is 3.36. The maximum absolute atomic E-state index is 13.3. The topological polar surface area (TPSA) is 49.0 Å². The maximum Gasteiger partial charge on any atom is 0.421 e. The Morgan fingerprint density at radius 3 is 2.32 bits per heavy atom. The summed E-state index contributed by atoms with van der Waals surface area (Å²) >= 11 is 0. The van der Waals surface area contributed by atoms with Crippen LogP contribution in [0.1, 0.15) is 35.2 Å². The Hall–Kier alpha value is -2.42. The van der Waals surface area contributed by atoms with Crippen molar-refractivity contribution in [3.05, 3.63) is 46.6 Å². The van der Waals surface area contributed by atoms with Gasteiger partial charge < -0.3 is 5.11 Å². The van der Waals surface area contributed by atoms with E-state index in [9.17, 15) is 18.3 Å². The molecule has 0 bridgehead atoms. The largest absolute Gasteiger partial charge is 0.494 e. The summed E-state index contributed by atoms with van der Waals surface area (Å²) in [7, 11) is 0. The first-order chi connectivity index (χ1) is 10.4. The van der Waals surface area contributed by atoms with Crippen molar-refractivity contribution in [1.82, 2.24) is 4.57 Å². The van der Waals surface area contributed by atoms with Crippen molar-refractivity contribution in [3.63, 3.8) is 0 Å². The summed E-state index contributed by atoms with van der Waals surface area (Å²) < 4.78 is 41.1. The second kappa shape index (κ2) is 5.09. The third-order valence-electron chi connectivity index (χ3n) is 3.98. The molecule has 0 unspecified atom stereocenters. The monoisotopic (exact) mass is 306 g/mol. The minimum atomic E-state index is -4.58. The summed E-state index contributed by atoms with van der Waals surface area (Å²) in [4.78, 5) is 0. The predicted octanol–water partition coefficient (Wildman–Crippen LogP) is 3.95. The summed E-state index contributed by atoms with van der Waals surface area (Å²) in [6.45, 7) is 0. The highest BCUT2D eigenvalue weighted by atomic mass is 19.4. The molecular formula is C16H13F3N2O. The molecule has 0 aliphatic heterocycles. The van der Waals surface area contributed by atoms with Gasteiger partial charge in [-0.15, -0.1) is 0 Å². The van der Waals surface area contributed by atoms with Gasteiger partial charge in [0.15, 0.2) is 0 Å². The van der Waals surface area contributed by atoms with E-state index < -0.39 is 17.6 Å². The van der Waals surface area contributed by atoms with Crippen molar-refractivity contribution >= 4 is 0 Å². The van der Waals surface area contributed by atoms with Crippen LogP contribution in [-0.2, 0) is 19.0 Å². The molecular weight excluding hydrogens is 293 g/mol. The van der Waals surface area contributed by atoms with E-state index in [1.54, 1.807) is 12.1 Å². The lowest BCUT2D eigenvalue weighted by Gasteiger charge is -2.16. The van der Waals surface area contributed by atoms with Crippen molar-refractivity contribution in [3.8, 4) is 17.6 Å². The van der Waals surface area contributed by atoms with Crippen LogP contribution in [-0.4, -0.2) is 9.67 Å². The zero-order valence-electron chi connectivity index (χ0n) is 11.6. The van der Waals surface area contributed by atoms with E-state index >= 15 is 0 Å². The highest BCUT2D eigenvalue weighted by Gasteiger charge is 2.41. The number of aromatic hydroxyl groups is 1. The molecule has 0 spiro atoms. The average Bonchev–Trinajstić information content (AvgIpc) is 2.79. The molecule has 1 N–H and O–H groups in total. The molecule has 0 fully saturated rings. The number of alkyl halides is 3. The van der Waals surface area contributed by atoms with E-state index in [1.807, 2.05) is 6.07 Å². The Morgan fingerprint density at radius 2 is 1.73 bits per heavy atom. The minimum Gasteiger partial charge on any atom is -0.494 e. The number of aromatic nitrogens is 1. The lowest BCUT2D eigenvalue weighted by molar-refractivity contribution is -0.139. The van der Waals surface area contributed by atoms with Crippen molar-refractivity contribution in [2.45, 2.75) is 31.9 Å². The molecule has 3 rings (SSSR count). The van der Waals surface area contributed by atoms with E-state index in [4.69, 9.17) is 5.26 Å². The lowest BCUT2D eigenvalue weighted by Crippen LogP contribution is -2.10. The van der Waals surface area contributed by atoms with Crippen LogP contribution >= 0.6 is 0 Å². The maximum atomic E-state index is 13.3. The number of hydrogen-bond acceptors (Lipinski definition) is 2. The van der Waals surface area contributed by atoms with Crippen molar-refractivity contribution in [2.24, 2.45) is 0 Å². The van der Waals surface area contributed by atoms with Gasteiger partial charge in [-0.05, 0) is 55.5 Å². The molecule has 0 amide bonds. The van der Waals surface area contributed by atoms with E-state index in [1.165, 1.54) is 16.7 Å². The van der Waals surface area contributed by atoms with Gasteiger partial charge in [-0.25, -0.2) is 0 Å². The second-order valence-electron chi connectivity index (χ2n) is 5.32. The fourth-order valence-electron chi connectivity index (χ4n) is 3.04. The van der Waals surface area contributed by atoms with Crippen molar-refractivity contribution in [2.75, 3.05) is 0 Å². The van der Waals surface area contributed by atoms with Gasteiger partial charge in [-0.2, -0.15) is 18.4 Å². The molecule has 0 saturated heterocycles. The summed E-state index contributed by atoms with van der Waals surface area (Å²) in [5, 5.41) is 19.0. The van der Waals surface area contributed by atoms with Crippen molar-refractivity contribution < 1.29 is 18.3 Å². The van der Waals surface area contributed by atoms with E-state index in [2.05, 4.69) is 0 Å². The number of nitrogens with zero attached hydrogens (tertiary/aromatic N) is 2. The third-order valence-corrected chi connectivity index (χ3v) is 3.98. The zero-order chi connectivity index (χ0) is 15.9. The molecule has 2 aromatic rings. The third kappa shape index (κ3) is 2.23. The first-order valence-electron chi connectivity index (χ1n) is 6.96. The Balaban J connectivity index is 2.23. The van der Waals surface area contributed by atoms with Gasteiger partial charge in [0.05, 0.1) is 11.6 Å². The molecule has 114 valence electrons. The highest BCUT2D eigenvalue weighted by molar-refractivity contribution is 5.53. The smallest absolute Gasteiger partial charge is 0.421 e. The van der Waals surface area contributed by atoms with Crippen LogP contribution in [0.2, 0.25) is 0 Å². The number of nitriles is 1. The Labute approximate surface area is 125 Å². The van der Waals surface area contributed by atoms with Gasteiger partial charge in [-0.3, -0.25) is 4.57 Å². The highest BCUT2D eigenvalue weighted by Crippen LogP contribution is 2.45. The van der Waals surface area contributed by atoms with Gasteiger partial charge in [-0.1, -0.05) is 0 Å². The second-order valence-corrected chi connectivity index (χ2v) is 5.32. The molecule has 1 aromatic carbocycles. The lowest BCUT2D eigenvalue weighted by atomic mass is 9.94. The number of fused-ring (bicyclic) bond motifs is 1. The van der Waals surface area contributed by atoms with Gasteiger partial charge in [0.2, 0.25) is 5.88 Å². The number of benzene rings is 1. The van der Waals surface area contributed by atoms with E-state index in [0.29, 0.717) is 36.2 Å². The molecule has 1 aliphatic rings. The van der Waals surface area contributed by atoms with Gasteiger partial charge >= 0.3 is 6.18 Å². The van der Waals surface area contributed by atoms with Crippen LogP contribution in [0.15, 0.2) is 24.3 Å². The van der Waals surface area contributed by atoms with Gasteiger partial charge in [0.1, 0.15) is 5.56 Å². The molecule has 1 heterocycles. The summed E-state index contributed by atoms with van der Waals surface area (Å²) in [6.07, 6.45) is -2.28. The first-order valence-corrected chi connectivity index (χ1v) is 6.96. The Morgan fingerprint density at radius 1 is 1.09 bits per heavy atom. The SMILES string of the molecule is N#Cc1ccc(-n2c(O)c(C(F)(F)F)c3c2CCCC3)cc1. The first kappa shape index (κ1) is 14.5. The quantitative estimate of drug-likeness (QED) is 0.867. The van der Waals surface area contributed by atoms with Crippen LogP contribution < -0.4 is 0 Å². The molecule has 3 nitrogen and oxygen atoms in total. The molecule has 1 aliphatic carbocycles. The molecule has 0 radical (unpaired) electrons. The van der Waals surface area contributed by atoms with Crippen molar-refractivity contribution in [1.29, 1.82) is 5.26 Å². The fourth-order valence-corrected chi connectivity index (χ4v) is 3.04. The van der Waals surface area contributed by atoms with E-state index in [0.717, 1.165) is 6.42 Å². The van der Waals surface area contributed by atoms with Crippen LogP contribution in [0.25, 0.3) is 5.69 Å². The number of hydrogen-bond donors (Lipinski definition) is 1. The van der Waals surface area contributed by atoms with Crippen LogP contribution in [0, 0.1) is 11.3 Å². The zero-order valence-corrected chi connectivity index (χ0v) is 11.6. The van der Waals surface area contributed by atoms with Gasteiger partial charge in [0, 0.05) is 11.4 Å². The molecule has 1 aromatic heterocycles. The van der Waals surface area contributed by atoms with E-state index in [-0.39, 0.29) is 5.56 Å². The molecule has 6 heteroatoms. The summed E-state index contributed by atoms with van der Waals surface area (Å²) in [5.74, 6) is -0.760. The summed E-state index contributed by atoms with van der Waals surface area (Å²) in [6, 6.07) is 8.11. The van der Waals surface area contributed by atoms with Crippen LogP contribution in [0.4, 0.5) is 13.2 Å². The van der Waals surface area contributed by atoms with Crippen LogP contribution in [0.5, 0.6) is 5.88 Å². The molecule has 22 heavy (non-hydrogen) atoms. The normalized spacial score (nSPS) is 14.5. The minimum absolute atomic E-state index is 0.195. The molecule has 0 saturated carbocycles. The van der Waals surface area contributed by atoms with Crippen LogP contribution in [0.3, 0.4) is 0 Å². The fraction of sp³-hybridized carbons (Fsp3) is 0.312. The number of halogens is 3. The molecule has 0 atom stereocenters. The number of rotatable bonds is 1. The summed E-state index contributed by atoms with van der Waals surface area (Å²) in [5.41, 5.74) is 0.637. The van der Waals surface area contributed by atoms with Gasteiger partial charge in [0.25, 0.3) is 0 Å². The average molecular weight is 306 g/mol. The predicted molar refractivity (Wildman–Crippen MR) is 73.8 cm³/mol.